The van der Waals surface area contributed by atoms with Gasteiger partial charge in [-0.1, -0.05) is 12.6 Å². The number of hydrogen-bond donors (Lipinski definition) is 3. The second-order valence-electron chi connectivity index (χ2n) is 6.57. The molecule has 0 saturated heterocycles. The number of amides is 1. The van der Waals surface area contributed by atoms with E-state index in [0.29, 0.717) is 47.6 Å². The fraction of sp³-hybridized carbons (Fsp3) is 0.273. The first-order chi connectivity index (χ1) is 14.8. The molecule has 0 spiro atoms. The highest BCUT2D eigenvalue weighted by atomic mass is 16.5. The first kappa shape index (κ1) is 23.4. The third kappa shape index (κ3) is 5.38. The lowest BCUT2D eigenvalue weighted by Gasteiger charge is -2.11. The van der Waals surface area contributed by atoms with Crippen LogP contribution in [-0.4, -0.2) is 54.0 Å². The molecular weight excluding hydrogens is 398 g/mol. The Kier molecular flexibility index (Phi) is 8.11. The van der Waals surface area contributed by atoms with Crippen LogP contribution >= 0.6 is 0 Å². The number of carbonyl (C=O) groups is 1. The van der Waals surface area contributed by atoms with Crippen molar-refractivity contribution in [3.8, 4) is 28.8 Å². The number of allylic oxidation sites excluding steroid dienone is 1. The van der Waals surface area contributed by atoms with E-state index in [2.05, 4.69) is 23.1 Å². The van der Waals surface area contributed by atoms with Gasteiger partial charge in [-0.2, -0.15) is 15.0 Å². The monoisotopic (exact) mass is 423 g/mol. The van der Waals surface area contributed by atoms with Gasteiger partial charge in [-0.25, -0.2) is 0 Å². The number of rotatable bonds is 9. The highest BCUT2D eigenvalue weighted by Crippen LogP contribution is 2.36. The van der Waals surface area contributed by atoms with Gasteiger partial charge in [-0.15, -0.1) is 0 Å². The summed E-state index contributed by atoms with van der Waals surface area (Å²) in [5.74, 6) is -0.352. The Labute approximate surface area is 180 Å². The van der Waals surface area contributed by atoms with E-state index < -0.39 is 0 Å². The van der Waals surface area contributed by atoms with Crippen LogP contribution in [0.3, 0.4) is 0 Å². The van der Waals surface area contributed by atoms with E-state index in [1.165, 1.54) is 25.5 Å². The number of ether oxygens (including phenoxy) is 2. The maximum absolute atomic E-state index is 12.0. The van der Waals surface area contributed by atoms with Gasteiger partial charge in [-0.3, -0.25) is 10.2 Å². The van der Waals surface area contributed by atoms with E-state index in [-0.39, 0.29) is 23.2 Å². The fourth-order valence-corrected chi connectivity index (χ4v) is 2.90. The van der Waals surface area contributed by atoms with Gasteiger partial charge in [0.2, 0.25) is 5.88 Å². The van der Waals surface area contributed by atoms with E-state index in [1.807, 2.05) is 0 Å². The Bertz CT molecular complexity index is 1060. The van der Waals surface area contributed by atoms with E-state index >= 15 is 0 Å². The molecule has 1 heterocycles. The summed E-state index contributed by atoms with van der Waals surface area (Å²) in [5.41, 5.74) is 2.22. The summed E-state index contributed by atoms with van der Waals surface area (Å²) in [7, 11) is 3.06. The number of aromatic hydroxyl groups is 1. The molecule has 0 aliphatic heterocycles. The standard InChI is InChI=1S/C22H25N5O4/c1-14(21(28)25-10-5-11-30-3)6-9-19(24)27-22(29)18(13-26-27)17-8-7-16(12-23)20(31-4)15(17)2/h6-9,13,24,29H,1,5,10-11H2,2-4H3,(H,25,28)/b9-6-,24-19?. The molecule has 3 N–H and O–H groups in total. The largest absolute Gasteiger partial charge is 0.495 e. The average Bonchev–Trinajstić information content (AvgIpc) is 3.15. The van der Waals surface area contributed by atoms with E-state index in [1.54, 1.807) is 26.2 Å². The molecule has 2 rings (SSSR count). The zero-order valence-electron chi connectivity index (χ0n) is 17.7. The lowest BCUT2D eigenvalue weighted by molar-refractivity contribution is -0.117. The summed E-state index contributed by atoms with van der Waals surface area (Å²) in [5, 5.41) is 34.8. The molecule has 0 fully saturated rings. The third-order valence-corrected chi connectivity index (χ3v) is 4.54. The molecule has 0 aliphatic rings. The molecule has 0 atom stereocenters. The average molecular weight is 423 g/mol. The first-order valence-corrected chi connectivity index (χ1v) is 9.43. The Morgan fingerprint density at radius 1 is 1.39 bits per heavy atom. The maximum atomic E-state index is 12.0. The molecule has 1 aromatic heterocycles. The first-order valence-electron chi connectivity index (χ1n) is 9.43. The molecule has 1 amide bonds. The number of methoxy groups -OCH3 is 2. The summed E-state index contributed by atoms with van der Waals surface area (Å²) < 4.78 is 11.3. The summed E-state index contributed by atoms with van der Waals surface area (Å²) >= 11 is 0. The number of nitriles is 1. The molecule has 1 aromatic carbocycles. The van der Waals surface area contributed by atoms with Crippen LogP contribution in [0.4, 0.5) is 0 Å². The van der Waals surface area contributed by atoms with Gasteiger partial charge in [0, 0.05) is 31.4 Å². The Balaban J connectivity index is 2.18. The van der Waals surface area contributed by atoms with Gasteiger partial charge in [0.05, 0.1) is 24.4 Å². The van der Waals surface area contributed by atoms with Gasteiger partial charge in [0.1, 0.15) is 17.7 Å². The maximum Gasteiger partial charge on any atom is 0.250 e. The van der Waals surface area contributed by atoms with Crippen LogP contribution in [0.15, 0.2) is 42.6 Å². The molecule has 0 aliphatic carbocycles. The van der Waals surface area contributed by atoms with Crippen molar-refractivity contribution in [1.82, 2.24) is 15.1 Å². The summed E-state index contributed by atoms with van der Waals surface area (Å²) in [6.07, 6.45) is 4.80. The molecule has 31 heavy (non-hydrogen) atoms. The summed E-state index contributed by atoms with van der Waals surface area (Å²) in [4.78, 5) is 12.0. The van der Waals surface area contributed by atoms with Crippen LogP contribution in [0.2, 0.25) is 0 Å². The zero-order chi connectivity index (χ0) is 23.0. The predicted molar refractivity (Wildman–Crippen MR) is 116 cm³/mol. The SMILES string of the molecule is C=C(/C=C\C(=N)n1ncc(-c2ccc(C#N)c(OC)c2C)c1O)C(=O)NCCCOC. The van der Waals surface area contributed by atoms with Gasteiger partial charge in [0.15, 0.2) is 0 Å². The Morgan fingerprint density at radius 3 is 2.77 bits per heavy atom. The second-order valence-corrected chi connectivity index (χ2v) is 6.57. The zero-order valence-corrected chi connectivity index (χ0v) is 17.7. The van der Waals surface area contributed by atoms with Crippen molar-refractivity contribution in [2.45, 2.75) is 13.3 Å². The number of benzene rings is 1. The van der Waals surface area contributed by atoms with Crippen LogP contribution in [0.1, 0.15) is 17.5 Å². The Morgan fingerprint density at radius 2 is 2.13 bits per heavy atom. The molecule has 0 bridgehead atoms. The normalized spacial score (nSPS) is 10.6. The molecule has 0 unspecified atom stereocenters. The van der Waals surface area contributed by atoms with Crippen LogP contribution in [0.5, 0.6) is 11.6 Å². The van der Waals surface area contributed by atoms with Gasteiger partial charge >= 0.3 is 0 Å². The molecular formula is C22H25N5O4. The van der Waals surface area contributed by atoms with E-state index in [0.717, 1.165) is 4.68 Å². The number of nitrogens with one attached hydrogen (secondary N) is 2. The van der Waals surface area contributed by atoms with Gasteiger partial charge < -0.3 is 19.9 Å². The van der Waals surface area contributed by atoms with E-state index in [9.17, 15) is 15.2 Å². The minimum absolute atomic E-state index is 0.157. The van der Waals surface area contributed by atoms with Crippen molar-refractivity contribution in [1.29, 1.82) is 10.7 Å². The van der Waals surface area contributed by atoms with Crippen LogP contribution < -0.4 is 10.1 Å². The molecule has 2 aromatic rings. The lowest BCUT2D eigenvalue weighted by atomic mass is 9.99. The number of aromatic nitrogens is 2. The van der Waals surface area contributed by atoms with Crippen LogP contribution in [0, 0.1) is 23.7 Å². The number of hydrogen-bond acceptors (Lipinski definition) is 7. The number of nitrogens with zero attached hydrogens (tertiary/aromatic N) is 3. The summed E-state index contributed by atoms with van der Waals surface area (Å²) in [6.45, 7) is 6.44. The lowest BCUT2D eigenvalue weighted by Crippen LogP contribution is -2.25. The number of carbonyl (C=O) groups excluding carboxylic acids is 1. The smallest absolute Gasteiger partial charge is 0.250 e. The van der Waals surface area contributed by atoms with Gasteiger partial charge in [-0.05, 0) is 37.1 Å². The third-order valence-electron chi connectivity index (χ3n) is 4.54. The van der Waals surface area contributed by atoms with Crippen molar-refractivity contribution in [2.24, 2.45) is 0 Å². The molecule has 9 heteroatoms. The van der Waals surface area contributed by atoms with Crippen molar-refractivity contribution >= 4 is 11.7 Å². The Hall–Kier alpha value is -3.90. The van der Waals surface area contributed by atoms with E-state index in [4.69, 9.17) is 14.9 Å². The van der Waals surface area contributed by atoms with Crippen molar-refractivity contribution in [3.63, 3.8) is 0 Å². The quantitative estimate of drug-likeness (QED) is 0.187. The highest BCUT2D eigenvalue weighted by Gasteiger charge is 2.18. The van der Waals surface area contributed by atoms with Crippen molar-refractivity contribution in [3.05, 3.63) is 53.8 Å². The summed E-state index contributed by atoms with van der Waals surface area (Å²) in [6, 6.07) is 5.34. The fourth-order valence-electron chi connectivity index (χ4n) is 2.90. The second kappa shape index (κ2) is 10.8. The van der Waals surface area contributed by atoms with Gasteiger partial charge in [0.25, 0.3) is 5.91 Å². The molecule has 0 saturated carbocycles. The molecule has 0 radical (unpaired) electrons. The predicted octanol–water partition coefficient (Wildman–Crippen LogP) is 2.53. The molecule has 162 valence electrons. The molecule has 9 nitrogen and oxygen atoms in total. The van der Waals surface area contributed by atoms with Crippen molar-refractivity contribution in [2.75, 3.05) is 27.4 Å². The minimum atomic E-state index is -0.356. The minimum Gasteiger partial charge on any atom is -0.495 e. The van der Waals surface area contributed by atoms with Crippen LogP contribution in [-0.2, 0) is 9.53 Å². The highest BCUT2D eigenvalue weighted by molar-refractivity contribution is 5.99. The topological polar surface area (TPSA) is 133 Å². The van der Waals surface area contributed by atoms with Crippen LogP contribution in [0.25, 0.3) is 11.1 Å². The van der Waals surface area contributed by atoms with Crippen molar-refractivity contribution < 1.29 is 19.4 Å².